The minimum Gasteiger partial charge on any atom is -0.367 e. The van der Waals surface area contributed by atoms with Gasteiger partial charge >= 0.3 is 13.4 Å². The van der Waals surface area contributed by atoms with Gasteiger partial charge in [0.05, 0.1) is 35.9 Å². The second kappa shape index (κ2) is 16.3. The van der Waals surface area contributed by atoms with Crippen LogP contribution in [0.2, 0.25) is 0 Å². The van der Waals surface area contributed by atoms with Gasteiger partial charge in [-0.05, 0) is 136 Å². The van der Waals surface area contributed by atoms with Gasteiger partial charge in [0, 0.05) is 21.6 Å². The fourth-order valence-electron chi connectivity index (χ4n) is 6.40. The van der Waals surface area contributed by atoms with Gasteiger partial charge in [0.1, 0.15) is 46.2 Å². The molecule has 7 radical (unpaired) electrons. The minimum absolute atomic E-state index is 0.140. The second-order valence-corrected chi connectivity index (χ2v) is 44.0. The topological polar surface area (TPSA) is 94.4 Å². The molecule has 8 atom stereocenters. The molecule has 0 saturated heterocycles. The van der Waals surface area contributed by atoms with Crippen LogP contribution in [0.15, 0.2) is 28.5 Å². The molecule has 2 aliphatic rings. The van der Waals surface area contributed by atoms with E-state index in [1.165, 1.54) is 0 Å². The summed E-state index contributed by atoms with van der Waals surface area (Å²) in [6, 6.07) is -0.345. The average Bonchev–Trinajstić information content (AvgIpc) is 2.91. The normalized spacial score (nSPS) is 37.1. The van der Waals surface area contributed by atoms with Crippen molar-refractivity contribution in [1.29, 1.82) is 0 Å². The molecule has 0 aromatic heterocycles. The summed E-state index contributed by atoms with van der Waals surface area (Å²) in [5.41, 5.74) is -2.57. The summed E-state index contributed by atoms with van der Waals surface area (Å²) in [6.07, 6.45) is -2.90. The zero-order valence-corrected chi connectivity index (χ0v) is 47.6. The molecule has 2 bridgehead atoms. The van der Waals surface area contributed by atoms with E-state index in [0.717, 1.165) is 0 Å². The highest BCUT2D eigenvalue weighted by Gasteiger charge is 2.61. The van der Waals surface area contributed by atoms with E-state index in [1.807, 2.05) is 0 Å². The first-order valence-corrected chi connectivity index (χ1v) is 31.9. The molecule has 57 heavy (non-hydrogen) atoms. The van der Waals surface area contributed by atoms with Crippen molar-refractivity contribution < 1.29 is 4.89 Å². The first-order chi connectivity index (χ1) is 24.5. The number of fused-ring (bicyclic) bond motifs is 2. The Bertz CT molecular complexity index is 1860. The lowest BCUT2D eigenvalue weighted by atomic mass is 9.91. The molecule has 2 aliphatic heterocycles. The van der Waals surface area contributed by atoms with Crippen LogP contribution in [-0.2, 0) is 0 Å². The van der Waals surface area contributed by atoms with Crippen molar-refractivity contribution in [2.75, 3.05) is 0 Å². The molecular weight excluding hydrogens is 828 g/mol. The number of thiol groups is 1. The van der Waals surface area contributed by atoms with Crippen LogP contribution in [-0.4, -0.2) is 105 Å². The summed E-state index contributed by atoms with van der Waals surface area (Å²) in [4.78, 5) is 13.6. The lowest BCUT2D eigenvalue weighted by molar-refractivity contribution is 0.384. The van der Waals surface area contributed by atoms with Gasteiger partial charge in [0.25, 0.3) is 6.72 Å². The molecule has 8 unspecified atom stereocenters. The van der Waals surface area contributed by atoms with Gasteiger partial charge in [-0.3, -0.25) is 9.49 Å². The highest BCUT2D eigenvalue weighted by molar-refractivity contribution is 8.63. The van der Waals surface area contributed by atoms with E-state index in [1.54, 1.807) is 0 Å². The van der Waals surface area contributed by atoms with Crippen molar-refractivity contribution >= 4 is 89.6 Å². The summed E-state index contributed by atoms with van der Waals surface area (Å²) >= 11 is 5.72. The van der Waals surface area contributed by atoms with Crippen LogP contribution in [0, 0.1) is 0 Å². The minimum atomic E-state index is -3.40. The van der Waals surface area contributed by atoms with Crippen LogP contribution in [0.5, 0.6) is 0 Å². The summed E-state index contributed by atoms with van der Waals surface area (Å²) in [6.45, 7) is 58.6. The maximum atomic E-state index is 13.6. The Labute approximate surface area is 366 Å². The molecule has 0 aromatic carbocycles. The Hall–Kier alpha value is 1.75. The van der Waals surface area contributed by atoms with Crippen molar-refractivity contribution in [2.24, 2.45) is 28.5 Å². The summed E-state index contributed by atoms with van der Waals surface area (Å²) in [5.74, 6) is 0. The zero-order valence-electron chi connectivity index (χ0n) is 41.3. The third kappa shape index (κ3) is 11.0. The van der Waals surface area contributed by atoms with E-state index >= 15 is 0 Å². The maximum Gasteiger partial charge on any atom is 0.493 e. The summed E-state index contributed by atoms with van der Waals surface area (Å²) < 4.78 is 34.6. The van der Waals surface area contributed by atoms with Crippen LogP contribution in [0.3, 0.4) is 0 Å². The first-order valence-electron chi connectivity index (χ1n) is 20.7. The fraction of sp³-hybridized carbons (Fsp3) is 1.00. The highest BCUT2D eigenvalue weighted by atomic mass is 32.7. The lowest BCUT2D eigenvalue weighted by Gasteiger charge is -2.53. The van der Waals surface area contributed by atoms with Crippen LogP contribution >= 0.6 is 54.4 Å². The predicted octanol–water partition coefficient (Wildman–Crippen LogP) is 15.3. The van der Waals surface area contributed by atoms with Gasteiger partial charge in [-0.1, -0.05) is 62.3 Å². The number of nitrogens with zero attached hydrogens (tertiary/aromatic N) is 6. The van der Waals surface area contributed by atoms with Gasteiger partial charge in [-0.15, -0.1) is 21.7 Å². The molecule has 0 saturated carbocycles. The second-order valence-electron chi connectivity index (χ2n) is 24.0. The molecule has 0 aliphatic carbocycles. The Balaban J connectivity index is 3.62. The first kappa shape index (κ1) is 54.9. The van der Waals surface area contributed by atoms with Crippen LogP contribution in [0.25, 0.3) is 0 Å². The third-order valence-corrected chi connectivity index (χ3v) is 39.4. The van der Waals surface area contributed by atoms with E-state index in [0.29, 0.717) is 0 Å². The average molecular weight is 911 g/mol. The van der Waals surface area contributed by atoms with Gasteiger partial charge in [-0.2, -0.15) is 0 Å². The van der Waals surface area contributed by atoms with Crippen LogP contribution < -0.4 is 0 Å². The van der Waals surface area contributed by atoms with Crippen molar-refractivity contribution in [1.82, 2.24) is 0 Å². The zero-order chi connectivity index (χ0) is 45.7. The molecule has 1 N–H and O–H groups in total. The smallest absolute Gasteiger partial charge is 0.367 e. The Morgan fingerprint density at radius 1 is 0.684 bits per heavy atom. The van der Waals surface area contributed by atoms with Crippen LogP contribution in [0.4, 0.5) is 0 Å². The Morgan fingerprint density at radius 3 is 1.54 bits per heavy atom. The summed E-state index contributed by atoms with van der Waals surface area (Å²) in [5, 5.41) is -2.96. The van der Waals surface area contributed by atoms with E-state index < -0.39 is 84.9 Å². The molecule has 0 fully saturated rings. The molecule has 19 heteroatoms. The van der Waals surface area contributed by atoms with Crippen molar-refractivity contribution in [2.45, 2.75) is 245 Å². The van der Waals surface area contributed by atoms with Gasteiger partial charge in [-0.25, -0.2) is 0 Å². The molecular formula is C38H82B5N6OP6S+2. The van der Waals surface area contributed by atoms with E-state index in [2.05, 4.69) is 200 Å². The van der Waals surface area contributed by atoms with Crippen molar-refractivity contribution in [3.05, 3.63) is 0 Å². The Morgan fingerprint density at radius 2 is 1.14 bits per heavy atom. The molecule has 0 aromatic rings. The maximum absolute atomic E-state index is 13.6. The molecule has 2 heterocycles. The molecule has 0 spiro atoms. The largest absolute Gasteiger partial charge is 0.493 e. The number of hydrogen-bond acceptors (Lipinski definition) is 6. The molecule has 319 valence electrons. The number of hydrogen-bond donors (Lipinski definition) is 2. The van der Waals surface area contributed by atoms with E-state index in [-0.39, 0.29) is 22.4 Å². The SMILES string of the molecule is [B]P1(C(C)(C)C)=NC(C)C(C)(C)[P+]2=NC(C)(C)C(C)(C)P(O)(=NC(C)(C)C)[B]P(S)(=NC(C)(C)C)C(C)(C)C(C)(C)N=P([B])([B]2)C(C)(C)C(C)N=[P+](C(C)(C)C)[B]1. The summed E-state index contributed by atoms with van der Waals surface area (Å²) in [7, 11) is 10.0. The van der Waals surface area contributed by atoms with E-state index in [4.69, 9.17) is 55.9 Å². The van der Waals surface area contributed by atoms with Gasteiger partial charge in [0.2, 0.25) is 0 Å². The monoisotopic (exact) mass is 912 g/mol. The molecule has 0 amide bonds. The quantitative estimate of drug-likeness (QED) is 0.141. The predicted molar refractivity (Wildman–Crippen MR) is 278 cm³/mol. The molecule has 2 rings (SSSR count). The van der Waals surface area contributed by atoms with E-state index in [9.17, 15) is 4.89 Å². The molecule has 7 nitrogen and oxygen atoms in total. The fourth-order valence-corrected chi connectivity index (χ4v) is 32.5. The lowest BCUT2D eigenvalue weighted by Crippen LogP contribution is -2.49. The van der Waals surface area contributed by atoms with Gasteiger partial charge in [0.15, 0.2) is 0 Å². The third-order valence-electron chi connectivity index (χ3n) is 13.2. The van der Waals surface area contributed by atoms with Crippen molar-refractivity contribution in [3.63, 3.8) is 0 Å². The van der Waals surface area contributed by atoms with Gasteiger partial charge < -0.3 is 14.4 Å². The number of rotatable bonds is 0. The van der Waals surface area contributed by atoms with Crippen molar-refractivity contribution in [3.8, 4) is 0 Å². The highest BCUT2D eigenvalue weighted by Crippen LogP contribution is 2.80. The Kier molecular flexibility index (Phi) is 15.7. The van der Waals surface area contributed by atoms with Crippen LogP contribution in [0.1, 0.15) is 180 Å². The standard InChI is InChI=1S/C38H82B5N6OP6S/c1-27-33(15,16)52-42-54(40,34(17,18)28(2)44-51(31(9,10)11)41-53(39,45-27)32(12,13)14)49-36(21,22)38(25,26)56(57,48-30(6,7)8)43-55(50,47-29(3,4)5)37(23,24)35(19,20)46-52/h27-28,50,57H,1-26H3/q+2.